The second-order valence-corrected chi connectivity index (χ2v) is 6.70. The van der Waals surface area contributed by atoms with Gasteiger partial charge in [0.1, 0.15) is 16.5 Å². The van der Waals surface area contributed by atoms with Crippen LogP contribution in [0.3, 0.4) is 0 Å². The Balaban J connectivity index is 2.12. The standard InChI is InChI=1S/C20H13ClN4O/c21-6-5-10-3-4-14-12(8-10)13-9-15(22)25-18-16(13)19(24-14)20(26)11-2-1-7-23-17(11)18/h1-4,7-9,22,24H,5-6H2. The highest BCUT2D eigenvalue weighted by atomic mass is 35.5. The van der Waals surface area contributed by atoms with Crippen LogP contribution in [0, 0.1) is 5.41 Å². The van der Waals surface area contributed by atoms with Gasteiger partial charge in [-0.2, -0.15) is 0 Å². The van der Waals surface area contributed by atoms with Crippen LogP contribution >= 0.6 is 11.6 Å². The van der Waals surface area contributed by atoms with Crippen molar-refractivity contribution in [2.45, 2.75) is 6.42 Å². The third-order valence-electron chi connectivity index (χ3n) is 4.79. The molecule has 0 saturated carbocycles. The van der Waals surface area contributed by atoms with E-state index in [0.29, 0.717) is 27.8 Å². The number of halogens is 1. The number of aromatic nitrogens is 3. The molecule has 0 fully saturated rings. The summed E-state index contributed by atoms with van der Waals surface area (Å²) in [6, 6.07) is 11.2. The van der Waals surface area contributed by atoms with Crippen molar-refractivity contribution in [3.63, 3.8) is 0 Å². The number of pyridine rings is 3. The molecule has 5 rings (SSSR count). The van der Waals surface area contributed by atoms with Crippen LogP contribution in [0.15, 0.2) is 47.4 Å². The Kier molecular flexibility index (Phi) is 3.21. The van der Waals surface area contributed by atoms with Crippen LogP contribution < -0.4 is 10.9 Å². The molecule has 0 saturated heterocycles. The molecule has 126 valence electrons. The summed E-state index contributed by atoms with van der Waals surface area (Å²) in [7, 11) is 0. The van der Waals surface area contributed by atoms with Gasteiger partial charge < -0.3 is 4.98 Å². The van der Waals surface area contributed by atoms with Crippen molar-refractivity contribution in [3.8, 4) is 0 Å². The van der Waals surface area contributed by atoms with Crippen LogP contribution in [-0.2, 0) is 6.42 Å². The molecule has 26 heavy (non-hydrogen) atoms. The quantitative estimate of drug-likeness (QED) is 0.287. The zero-order chi connectivity index (χ0) is 17.8. The van der Waals surface area contributed by atoms with E-state index < -0.39 is 0 Å². The molecule has 3 aromatic heterocycles. The maximum Gasteiger partial charge on any atom is 0.212 e. The van der Waals surface area contributed by atoms with Gasteiger partial charge >= 0.3 is 0 Å². The molecular weight excluding hydrogens is 348 g/mol. The molecular formula is C20H13ClN4O. The fourth-order valence-corrected chi connectivity index (χ4v) is 3.87. The van der Waals surface area contributed by atoms with Gasteiger partial charge in [-0.3, -0.25) is 15.2 Å². The summed E-state index contributed by atoms with van der Waals surface area (Å²) in [6.07, 6.45) is 2.40. The predicted molar refractivity (Wildman–Crippen MR) is 104 cm³/mol. The number of H-pyrrole nitrogens is 1. The van der Waals surface area contributed by atoms with Crippen molar-refractivity contribution in [1.29, 1.82) is 5.41 Å². The number of hydrogen-bond acceptors (Lipinski definition) is 4. The fraction of sp³-hybridized carbons (Fsp3) is 0.100. The Morgan fingerprint density at radius 3 is 2.81 bits per heavy atom. The van der Waals surface area contributed by atoms with Gasteiger partial charge in [0.15, 0.2) is 0 Å². The van der Waals surface area contributed by atoms with Gasteiger partial charge in [0.25, 0.3) is 0 Å². The molecule has 5 aromatic rings. The molecule has 6 heteroatoms. The molecule has 3 heterocycles. The van der Waals surface area contributed by atoms with Crippen LogP contribution in [-0.4, -0.2) is 20.8 Å². The van der Waals surface area contributed by atoms with Gasteiger partial charge in [0, 0.05) is 28.4 Å². The predicted octanol–water partition coefficient (Wildman–Crippen LogP) is 3.48. The normalized spacial score (nSPS) is 11.9. The molecule has 5 nitrogen and oxygen atoms in total. The lowest BCUT2D eigenvalue weighted by Gasteiger charge is -2.11. The van der Waals surface area contributed by atoms with Gasteiger partial charge in [-0.15, -0.1) is 11.6 Å². The number of benzene rings is 2. The summed E-state index contributed by atoms with van der Waals surface area (Å²) in [6.45, 7) is 0. The molecule has 0 aliphatic rings. The minimum atomic E-state index is -0.100. The van der Waals surface area contributed by atoms with Gasteiger partial charge in [-0.25, -0.2) is 4.98 Å². The maximum atomic E-state index is 13.0. The fourth-order valence-electron chi connectivity index (χ4n) is 3.65. The van der Waals surface area contributed by atoms with E-state index in [1.807, 2.05) is 12.1 Å². The largest absolute Gasteiger partial charge is 0.351 e. The lowest BCUT2D eigenvalue weighted by Crippen LogP contribution is -2.12. The summed E-state index contributed by atoms with van der Waals surface area (Å²) in [5, 5.41) is 11.2. The van der Waals surface area contributed by atoms with E-state index in [0.717, 1.165) is 33.7 Å². The number of alkyl halides is 1. The van der Waals surface area contributed by atoms with E-state index >= 15 is 0 Å². The first-order chi connectivity index (χ1) is 12.7. The van der Waals surface area contributed by atoms with Crippen molar-refractivity contribution in [2.75, 3.05) is 5.88 Å². The lowest BCUT2D eigenvalue weighted by molar-refractivity contribution is 1.14. The summed E-state index contributed by atoms with van der Waals surface area (Å²) in [5.74, 6) is 0.539. The highest BCUT2D eigenvalue weighted by Crippen LogP contribution is 2.31. The second-order valence-electron chi connectivity index (χ2n) is 6.33. The Hall–Kier alpha value is -3.05. The van der Waals surface area contributed by atoms with Crippen LogP contribution in [0.4, 0.5) is 0 Å². The van der Waals surface area contributed by atoms with Crippen molar-refractivity contribution in [3.05, 3.63) is 63.9 Å². The molecule has 0 aliphatic heterocycles. The summed E-state index contributed by atoms with van der Waals surface area (Å²) in [5.41, 5.74) is 3.63. The number of fused-ring (bicyclic) bond motifs is 4. The molecule has 0 amide bonds. The minimum Gasteiger partial charge on any atom is -0.351 e. The van der Waals surface area contributed by atoms with Crippen molar-refractivity contribution in [1.82, 2.24) is 15.0 Å². The number of hydrogen-bond donors (Lipinski definition) is 2. The molecule has 0 spiro atoms. The number of nitrogens with zero attached hydrogens (tertiary/aromatic N) is 2. The van der Waals surface area contributed by atoms with Gasteiger partial charge in [0.2, 0.25) is 5.43 Å². The van der Waals surface area contributed by atoms with Gasteiger partial charge in [0.05, 0.1) is 10.9 Å². The Morgan fingerprint density at radius 2 is 1.96 bits per heavy atom. The Morgan fingerprint density at radius 1 is 1.08 bits per heavy atom. The van der Waals surface area contributed by atoms with Crippen LogP contribution in [0.1, 0.15) is 5.56 Å². The number of nitrogens with one attached hydrogen (secondary N) is 2. The second kappa shape index (κ2) is 5.47. The molecule has 2 N–H and O–H groups in total. The average Bonchev–Trinajstić information content (AvgIpc) is 2.66. The average molecular weight is 361 g/mol. The van der Waals surface area contributed by atoms with Gasteiger partial charge in [-0.1, -0.05) is 6.07 Å². The SMILES string of the molecule is N=c1cc2c3cc(CCCl)ccc3[nH]c3c(=O)c4cccnc4c(n1)c32. The van der Waals surface area contributed by atoms with E-state index in [1.165, 1.54) is 0 Å². The first-order valence-electron chi connectivity index (χ1n) is 8.27. The summed E-state index contributed by atoms with van der Waals surface area (Å²) < 4.78 is 0. The third-order valence-corrected chi connectivity index (χ3v) is 4.98. The third kappa shape index (κ3) is 2.04. The van der Waals surface area contributed by atoms with Crippen LogP contribution in [0.5, 0.6) is 0 Å². The first kappa shape index (κ1) is 15.2. The molecule has 0 unspecified atom stereocenters. The van der Waals surface area contributed by atoms with Crippen molar-refractivity contribution in [2.24, 2.45) is 0 Å². The van der Waals surface area contributed by atoms with Crippen LogP contribution in [0.2, 0.25) is 0 Å². The highest BCUT2D eigenvalue weighted by Gasteiger charge is 2.16. The monoisotopic (exact) mass is 360 g/mol. The molecule has 0 radical (unpaired) electrons. The molecule has 0 bridgehead atoms. The smallest absolute Gasteiger partial charge is 0.212 e. The molecule has 2 aromatic carbocycles. The van der Waals surface area contributed by atoms with Crippen LogP contribution in [0.25, 0.3) is 43.6 Å². The van der Waals surface area contributed by atoms with E-state index in [4.69, 9.17) is 17.0 Å². The summed E-state index contributed by atoms with van der Waals surface area (Å²) >= 11 is 5.89. The van der Waals surface area contributed by atoms with E-state index in [9.17, 15) is 4.79 Å². The van der Waals surface area contributed by atoms with E-state index in [-0.39, 0.29) is 10.9 Å². The van der Waals surface area contributed by atoms with Crippen molar-refractivity contribution < 1.29 is 0 Å². The van der Waals surface area contributed by atoms with Crippen molar-refractivity contribution >= 4 is 55.2 Å². The van der Waals surface area contributed by atoms with E-state index in [2.05, 4.69) is 21.0 Å². The molecule has 0 atom stereocenters. The summed E-state index contributed by atoms with van der Waals surface area (Å²) in [4.78, 5) is 25.1. The zero-order valence-electron chi connectivity index (χ0n) is 13.6. The zero-order valence-corrected chi connectivity index (χ0v) is 14.4. The minimum absolute atomic E-state index is 0.100. The Labute approximate surface area is 152 Å². The lowest BCUT2D eigenvalue weighted by atomic mass is 9.99. The number of aromatic amines is 1. The topological polar surface area (TPSA) is 82.5 Å². The Bertz CT molecular complexity index is 1440. The molecule has 0 aliphatic carbocycles. The number of rotatable bonds is 2. The maximum absolute atomic E-state index is 13.0. The first-order valence-corrected chi connectivity index (χ1v) is 8.81. The van der Waals surface area contributed by atoms with Gasteiger partial charge in [-0.05, 0) is 47.7 Å². The number of aryl methyl sites for hydroxylation is 1. The van der Waals surface area contributed by atoms with E-state index in [1.54, 1.807) is 24.4 Å². The highest BCUT2D eigenvalue weighted by molar-refractivity contribution is 6.23.